The van der Waals surface area contributed by atoms with Gasteiger partial charge in [0.2, 0.25) is 5.91 Å². The molecule has 3 N–H and O–H groups in total. The van der Waals surface area contributed by atoms with Crippen LogP contribution in [0.3, 0.4) is 0 Å². The lowest BCUT2D eigenvalue weighted by atomic mass is 10.1. The summed E-state index contributed by atoms with van der Waals surface area (Å²) < 4.78 is 5.40. The lowest BCUT2D eigenvalue weighted by molar-refractivity contribution is -0.143. The number of amides is 1. The molecule has 6 heteroatoms. The van der Waals surface area contributed by atoms with E-state index in [1.807, 2.05) is 6.08 Å². The molecule has 6 nitrogen and oxygen atoms in total. The van der Waals surface area contributed by atoms with Crippen molar-refractivity contribution in [2.75, 3.05) is 13.2 Å². The molecule has 0 saturated heterocycles. The highest BCUT2D eigenvalue weighted by Crippen LogP contribution is 2.13. The number of ether oxygens (including phenoxy) is 1. The summed E-state index contributed by atoms with van der Waals surface area (Å²) in [5, 5.41) is 22.9. The Morgan fingerprint density at radius 1 is 0.519 bits per heavy atom. The van der Waals surface area contributed by atoms with E-state index < -0.39 is 12.1 Å². The molecule has 0 aliphatic carbocycles. The number of esters is 1. The van der Waals surface area contributed by atoms with Crippen LogP contribution in [0, 0.1) is 0 Å². The second-order valence-electron chi connectivity index (χ2n) is 15.4. The highest BCUT2D eigenvalue weighted by molar-refractivity contribution is 5.76. The van der Waals surface area contributed by atoms with Crippen molar-refractivity contribution >= 4 is 11.9 Å². The largest absolute Gasteiger partial charge is 0.466 e. The Labute approximate surface area is 334 Å². The molecule has 0 radical (unpaired) electrons. The number of carbonyl (C=O) groups is 2. The van der Waals surface area contributed by atoms with Gasteiger partial charge in [0, 0.05) is 12.8 Å². The van der Waals surface area contributed by atoms with Crippen LogP contribution < -0.4 is 5.32 Å². The maximum absolute atomic E-state index is 12.4. The van der Waals surface area contributed by atoms with Crippen molar-refractivity contribution in [3.05, 3.63) is 48.6 Å². The SMILES string of the molecule is CCCC/C=C\CCCCCCCC(=O)OCCCCC/C=C\C=C/CCCCCCCCC(=O)NC(CO)C(O)/C=C/CCCCCCCCCCC. The number of hydrogen-bond acceptors (Lipinski definition) is 5. The third-order valence-electron chi connectivity index (χ3n) is 10.1. The van der Waals surface area contributed by atoms with Gasteiger partial charge in [-0.15, -0.1) is 0 Å². The van der Waals surface area contributed by atoms with Gasteiger partial charge in [0.1, 0.15) is 0 Å². The predicted octanol–water partition coefficient (Wildman–Crippen LogP) is 13.1. The average Bonchev–Trinajstić information content (AvgIpc) is 3.17. The van der Waals surface area contributed by atoms with Crippen molar-refractivity contribution in [1.82, 2.24) is 5.32 Å². The van der Waals surface area contributed by atoms with Crippen molar-refractivity contribution in [3.8, 4) is 0 Å². The van der Waals surface area contributed by atoms with Crippen LogP contribution in [0.4, 0.5) is 0 Å². The maximum atomic E-state index is 12.4. The molecule has 0 aromatic rings. The highest BCUT2D eigenvalue weighted by Gasteiger charge is 2.18. The predicted molar refractivity (Wildman–Crippen MR) is 232 cm³/mol. The summed E-state index contributed by atoms with van der Waals surface area (Å²) in [6, 6.07) is -0.643. The van der Waals surface area contributed by atoms with Gasteiger partial charge in [0.15, 0.2) is 0 Å². The molecule has 0 rings (SSSR count). The molecule has 0 bridgehead atoms. The number of nitrogens with one attached hydrogen (secondary N) is 1. The van der Waals surface area contributed by atoms with E-state index in [0.29, 0.717) is 19.4 Å². The molecule has 2 atom stereocenters. The summed E-state index contributed by atoms with van der Waals surface area (Å²) in [6.07, 6.45) is 52.4. The molecular weight excluding hydrogens is 671 g/mol. The molecule has 54 heavy (non-hydrogen) atoms. The normalized spacial score (nSPS) is 13.2. The first-order valence-electron chi connectivity index (χ1n) is 22.9. The molecule has 0 aromatic heterocycles. The Balaban J connectivity index is 3.59. The number of rotatable bonds is 41. The molecule has 0 spiro atoms. The van der Waals surface area contributed by atoms with Crippen LogP contribution in [0.2, 0.25) is 0 Å². The van der Waals surface area contributed by atoms with E-state index in [4.69, 9.17) is 4.74 Å². The molecule has 2 unspecified atom stereocenters. The molecule has 0 fully saturated rings. The summed E-state index contributed by atoms with van der Waals surface area (Å²) in [5.41, 5.74) is 0. The minimum Gasteiger partial charge on any atom is -0.466 e. The van der Waals surface area contributed by atoms with Gasteiger partial charge < -0.3 is 20.3 Å². The van der Waals surface area contributed by atoms with Crippen LogP contribution in [-0.2, 0) is 14.3 Å². The van der Waals surface area contributed by atoms with Gasteiger partial charge in [-0.2, -0.15) is 0 Å². The zero-order valence-corrected chi connectivity index (χ0v) is 35.4. The number of unbranched alkanes of at least 4 members (excludes halogenated alkanes) is 25. The van der Waals surface area contributed by atoms with Gasteiger partial charge in [0.25, 0.3) is 0 Å². The minimum atomic E-state index is -0.857. The summed E-state index contributed by atoms with van der Waals surface area (Å²) >= 11 is 0. The van der Waals surface area contributed by atoms with Gasteiger partial charge in [-0.3, -0.25) is 9.59 Å². The van der Waals surface area contributed by atoms with E-state index in [9.17, 15) is 19.8 Å². The quantitative estimate of drug-likeness (QED) is 0.0250. The van der Waals surface area contributed by atoms with Crippen molar-refractivity contribution in [2.45, 2.75) is 231 Å². The number of aliphatic hydroxyl groups excluding tert-OH is 2. The standard InChI is InChI=1S/C48H87NO5/c1-3-5-7-9-11-13-20-24-28-32-36-40-46(51)45(44-50)49-47(52)41-37-33-29-25-22-18-16-15-17-19-23-27-31-35-39-43-54-48(53)42-38-34-30-26-21-14-12-10-8-6-4-2/h10,12,15,17,19,23,36,40,45-46,50-51H,3-9,11,13-14,16,18,20-22,24-35,37-39,41-44H2,1-2H3,(H,49,52)/b12-10-,17-15-,23-19-,40-36+. The van der Waals surface area contributed by atoms with Crippen LogP contribution in [0.15, 0.2) is 48.6 Å². The molecule has 0 aliphatic rings. The van der Waals surface area contributed by atoms with Gasteiger partial charge in [0.05, 0.1) is 25.4 Å². The second kappa shape index (κ2) is 43.5. The summed E-state index contributed by atoms with van der Waals surface area (Å²) in [5.74, 6) is -0.130. The van der Waals surface area contributed by atoms with Crippen LogP contribution in [-0.4, -0.2) is 47.4 Å². The fraction of sp³-hybridized carbons (Fsp3) is 0.792. The summed E-state index contributed by atoms with van der Waals surface area (Å²) in [7, 11) is 0. The first-order chi connectivity index (χ1) is 26.5. The second-order valence-corrected chi connectivity index (χ2v) is 15.4. The molecule has 0 aromatic carbocycles. The van der Waals surface area contributed by atoms with Gasteiger partial charge in [-0.25, -0.2) is 0 Å². The first kappa shape index (κ1) is 51.8. The van der Waals surface area contributed by atoms with E-state index in [0.717, 1.165) is 77.0 Å². The fourth-order valence-corrected chi connectivity index (χ4v) is 6.48. The minimum absolute atomic E-state index is 0.0355. The van der Waals surface area contributed by atoms with Crippen molar-refractivity contribution in [2.24, 2.45) is 0 Å². The smallest absolute Gasteiger partial charge is 0.305 e. The summed E-state index contributed by atoms with van der Waals surface area (Å²) in [4.78, 5) is 24.3. The van der Waals surface area contributed by atoms with E-state index in [-0.39, 0.29) is 18.5 Å². The van der Waals surface area contributed by atoms with Gasteiger partial charge >= 0.3 is 5.97 Å². The van der Waals surface area contributed by atoms with Crippen LogP contribution in [0.1, 0.15) is 219 Å². The van der Waals surface area contributed by atoms with Crippen molar-refractivity contribution < 1.29 is 24.5 Å². The zero-order chi connectivity index (χ0) is 39.4. The van der Waals surface area contributed by atoms with E-state index in [1.54, 1.807) is 6.08 Å². The molecule has 0 aliphatic heterocycles. The average molecular weight is 758 g/mol. The number of hydrogen-bond donors (Lipinski definition) is 3. The number of aliphatic hydroxyl groups is 2. The monoisotopic (exact) mass is 758 g/mol. The Kier molecular flexibility index (Phi) is 41.8. The molecule has 314 valence electrons. The Hall–Kier alpha value is -2.18. The highest BCUT2D eigenvalue weighted by atomic mass is 16.5. The van der Waals surface area contributed by atoms with E-state index in [1.165, 1.54) is 116 Å². The van der Waals surface area contributed by atoms with Crippen molar-refractivity contribution in [1.29, 1.82) is 0 Å². The van der Waals surface area contributed by atoms with E-state index in [2.05, 4.69) is 55.6 Å². The van der Waals surface area contributed by atoms with Crippen LogP contribution >= 0.6 is 0 Å². The van der Waals surface area contributed by atoms with Crippen LogP contribution in [0.5, 0.6) is 0 Å². The molecule has 0 heterocycles. The van der Waals surface area contributed by atoms with E-state index >= 15 is 0 Å². The lowest BCUT2D eigenvalue weighted by Gasteiger charge is -2.20. The van der Waals surface area contributed by atoms with Crippen molar-refractivity contribution in [3.63, 3.8) is 0 Å². The van der Waals surface area contributed by atoms with Crippen LogP contribution in [0.25, 0.3) is 0 Å². The number of carbonyl (C=O) groups excluding carboxylic acids is 2. The lowest BCUT2D eigenvalue weighted by Crippen LogP contribution is -2.45. The maximum Gasteiger partial charge on any atom is 0.305 e. The van der Waals surface area contributed by atoms with Gasteiger partial charge in [-0.1, -0.05) is 172 Å². The zero-order valence-electron chi connectivity index (χ0n) is 35.4. The fourth-order valence-electron chi connectivity index (χ4n) is 6.48. The van der Waals surface area contributed by atoms with Gasteiger partial charge in [-0.05, 0) is 83.5 Å². The first-order valence-corrected chi connectivity index (χ1v) is 22.9. The molecular formula is C48H87NO5. The number of allylic oxidation sites excluding steroid dienone is 7. The third-order valence-corrected chi connectivity index (χ3v) is 10.1. The topological polar surface area (TPSA) is 95.9 Å². The Morgan fingerprint density at radius 3 is 1.48 bits per heavy atom. The Bertz CT molecular complexity index is 926. The molecule has 1 amide bonds. The molecule has 0 saturated carbocycles. The third kappa shape index (κ3) is 39.5. The summed E-state index contributed by atoms with van der Waals surface area (Å²) in [6.45, 7) is 4.77. The Morgan fingerprint density at radius 2 is 0.944 bits per heavy atom.